The topological polar surface area (TPSA) is 79.1 Å². The lowest BCUT2D eigenvalue weighted by Crippen LogP contribution is -2.40. The fraction of sp³-hybridized carbons (Fsp3) is 0.208. The molecule has 1 aliphatic heterocycles. The number of methoxy groups -OCH3 is 3. The van der Waals surface area contributed by atoms with E-state index in [1.54, 1.807) is 38.3 Å². The summed E-state index contributed by atoms with van der Waals surface area (Å²) in [5, 5.41) is 0.449. The van der Waals surface area contributed by atoms with Crippen LogP contribution in [0.1, 0.15) is 24.1 Å². The van der Waals surface area contributed by atoms with Gasteiger partial charge in [0, 0.05) is 10.6 Å². The molecule has 0 fully saturated rings. The van der Waals surface area contributed by atoms with E-state index in [0.717, 1.165) is 11.3 Å². The summed E-state index contributed by atoms with van der Waals surface area (Å²) in [5.74, 6) is 0.637. The summed E-state index contributed by atoms with van der Waals surface area (Å²) in [5.41, 5.74) is 1.83. The van der Waals surface area contributed by atoms with E-state index >= 15 is 0 Å². The molecule has 0 saturated heterocycles. The van der Waals surface area contributed by atoms with Gasteiger partial charge in [-0.3, -0.25) is 9.36 Å². The second-order valence-corrected chi connectivity index (χ2v) is 8.68. The van der Waals surface area contributed by atoms with Gasteiger partial charge in [0.1, 0.15) is 17.5 Å². The van der Waals surface area contributed by atoms with Crippen molar-refractivity contribution in [3.05, 3.63) is 89.6 Å². The largest absolute Gasteiger partial charge is 0.497 e. The monoisotopic (exact) mass is 484 g/mol. The molecule has 1 aliphatic rings. The number of ether oxygens (including phenoxy) is 3. The Labute approximate surface area is 198 Å². The second-order valence-electron chi connectivity index (χ2n) is 7.23. The van der Waals surface area contributed by atoms with Crippen molar-refractivity contribution in [1.82, 2.24) is 4.57 Å². The highest BCUT2D eigenvalue weighted by Gasteiger charge is 2.35. The molecule has 0 radical (unpaired) electrons. The fourth-order valence-corrected chi connectivity index (χ4v) is 4.98. The van der Waals surface area contributed by atoms with E-state index in [0.29, 0.717) is 31.4 Å². The lowest BCUT2D eigenvalue weighted by Gasteiger charge is -2.25. The van der Waals surface area contributed by atoms with Crippen LogP contribution in [0.2, 0.25) is 5.02 Å². The van der Waals surface area contributed by atoms with Gasteiger partial charge in [-0.1, -0.05) is 35.1 Å². The van der Waals surface area contributed by atoms with Crippen LogP contribution in [-0.2, 0) is 9.53 Å². The fourth-order valence-electron chi connectivity index (χ4n) is 3.76. The number of allylic oxidation sites excluding steroid dienone is 1. The maximum atomic E-state index is 13.6. The van der Waals surface area contributed by atoms with Gasteiger partial charge in [-0.05, 0) is 48.9 Å². The highest BCUT2D eigenvalue weighted by atomic mass is 35.5. The number of aromatic nitrogens is 1. The average molecular weight is 485 g/mol. The van der Waals surface area contributed by atoms with E-state index in [-0.39, 0.29) is 11.1 Å². The Bertz CT molecular complexity index is 1440. The molecule has 2 heterocycles. The van der Waals surface area contributed by atoms with Gasteiger partial charge in [0.15, 0.2) is 4.80 Å². The van der Waals surface area contributed by atoms with Crippen molar-refractivity contribution in [1.29, 1.82) is 0 Å². The first-order valence-corrected chi connectivity index (χ1v) is 11.2. The number of thiazole rings is 1. The zero-order chi connectivity index (χ0) is 23.7. The Morgan fingerprint density at radius 2 is 1.85 bits per heavy atom. The Hall–Kier alpha value is -3.36. The number of nitrogens with zero attached hydrogens (tertiary/aromatic N) is 2. The molecule has 170 valence electrons. The molecule has 7 nitrogen and oxygen atoms in total. The Kier molecular flexibility index (Phi) is 6.40. The third kappa shape index (κ3) is 4.19. The zero-order valence-corrected chi connectivity index (χ0v) is 20.0. The average Bonchev–Trinajstić information content (AvgIpc) is 3.12. The predicted octanol–water partition coefficient (Wildman–Crippen LogP) is 3.08. The Balaban J connectivity index is 1.99. The van der Waals surface area contributed by atoms with Crippen LogP contribution in [0.25, 0.3) is 6.08 Å². The van der Waals surface area contributed by atoms with Gasteiger partial charge in [-0.15, -0.1) is 0 Å². The van der Waals surface area contributed by atoms with E-state index in [2.05, 4.69) is 4.99 Å². The summed E-state index contributed by atoms with van der Waals surface area (Å²) in [7, 11) is 4.41. The van der Waals surface area contributed by atoms with Crippen LogP contribution in [0.4, 0.5) is 0 Å². The number of rotatable bonds is 5. The molecule has 4 rings (SSSR count). The lowest BCUT2D eigenvalue weighted by molar-refractivity contribution is -0.136. The number of fused-ring (bicyclic) bond motifs is 1. The van der Waals surface area contributed by atoms with Gasteiger partial charge in [0.05, 0.1) is 37.1 Å². The quantitative estimate of drug-likeness (QED) is 0.520. The van der Waals surface area contributed by atoms with Gasteiger partial charge < -0.3 is 14.2 Å². The summed E-state index contributed by atoms with van der Waals surface area (Å²) in [6.07, 6.45) is 1.78. The van der Waals surface area contributed by atoms with E-state index in [4.69, 9.17) is 25.8 Å². The molecule has 3 aromatic rings. The number of halogens is 1. The smallest absolute Gasteiger partial charge is 0.338 e. The van der Waals surface area contributed by atoms with Crippen molar-refractivity contribution in [3.63, 3.8) is 0 Å². The van der Waals surface area contributed by atoms with Crippen molar-refractivity contribution in [3.8, 4) is 11.5 Å². The van der Waals surface area contributed by atoms with E-state index in [9.17, 15) is 9.59 Å². The predicted molar refractivity (Wildman–Crippen MR) is 127 cm³/mol. The molecular weight excluding hydrogens is 464 g/mol. The maximum Gasteiger partial charge on any atom is 0.338 e. The molecule has 0 N–H and O–H groups in total. The third-order valence-electron chi connectivity index (χ3n) is 5.33. The van der Waals surface area contributed by atoms with Crippen LogP contribution < -0.4 is 24.4 Å². The number of carbonyl (C=O) groups excluding carboxylic acids is 1. The third-order valence-corrected chi connectivity index (χ3v) is 6.54. The molecule has 0 amide bonds. The van der Waals surface area contributed by atoms with Gasteiger partial charge in [0.2, 0.25) is 0 Å². The van der Waals surface area contributed by atoms with Crippen molar-refractivity contribution < 1.29 is 19.0 Å². The molecule has 0 bridgehead atoms. The molecule has 9 heteroatoms. The summed E-state index contributed by atoms with van der Waals surface area (Å²) in [4.78, 5) is 31.4. The summed E-state index contributed by atoms with van der Waals surface area (Å²) >= 11 is 7.53. The molecule has 0 unspecified atom stereocenters. The Morgan fingerprint density at radius 3 is 2.48 bits per heavy atom. The SMILES string of the molecule is COC(=O)C1=C(C)N=c2s/c(=C\c3ccc(OC)cc3)c(=O)n2[C@@H]1c1cc(Cl)ccc1OC. The number of esters is 1. The lowest BCUT2D eigenvalue weighted by atomic mass is 9.95. The standard InChI is InChI=1S/C24H21ClN2O5S/c1-13-20(23(29)32-4)21(17-12-15(25)7-10-18(17)31-3)27-22(28)19(33-24(27)26-13)11-14-5-8-16(30-2)9-6-14/h5-12,21H,1-4H3/b19-11-/t21-/m1/s1. The molecule has 1 atom stereocenters. The van der Waals surface area contributed by atoms with Gasteiger partial charge in [0.25, 0.3) is 5.56 Å². The summed E-state index contributed by atoms with van der Waals surface area (Å²) in [6.45, 7) is 1.72. The number of benzene rings is 2. The first-order chi connectivity index (χ1) is 15.9. The van der Waals surface area contributed by atoms with Crippen LogP contribution >= 0.6 is 22.9 Å². The number of hydrogen-bond acceptors (Lipinski definition) is 7. The first kappa shape index (κ1) is 22.8. The van der Waals surface area contributed by atoms with Crippen molar-refractivity contribution in [2.45, 2.75) is 13.0 Å². The first-order valence-electron chi connectivity index (χ1n) is 9.96. The highest BCUT2D eigenvalue weighted by Crippen LogP contribution is 2.37. The van der Waals surface area contributed by atoms with Crippen molar-refractivity contribution >= 4 is 35.0 Å². The summed E-state index contributed by atoms with van der Waals surface area (Å²) < 4.78 is 17.7. The number of hydrogen-bond donors (Lipinski definition) is 0. The minimum Gasteiger partial charge on any atom is -0.497 e. The zero-order valence-electron chi connectivity index (χ0n) is 18.4. The minimum atomic E-state index is -0.805. The Morgan fingerprint density at radius 1 is 1.12 bits per heavy atom. The molecule has 0 spiro atoms. The van der Waals surface area contributed by atoms with Crippen LogP contribution in [0.15, 0.2) is 63.5 Å². The second kappa shape index (κ2) is 9.25. The molecule has 2 aromatic carbocycles. The normalized spacial score (nSPS) is 15.7. The van der Waals surface area contributed by atoms with Crippen LogP contribution in [-0.4, -0.2) is 31.9 Å². The molecule has 0 saturated carbocycles. The van der Waals surface area contributed by atoms with Crippen molar-refractivity contribution in [2.24, 2.45) is 4.99 Å². The van der Waals surface area contributed by atoms with Gasteiger partial charge in [-0.25, -0.2) is 9.79 Å². The molecule has 33 heavy (non-hydrogen) atoms. The highest BCUT2D eigenvalue weighted by molar-refractivity contribution is 7.07. The minimum absolute atomic E-state index is 0.251. The van der Waals surface area contributed by atoms with E-state index in [1.807, 2.05) is 24.3 Å². The molecular formula is C24H21ClN2O5S. The van der Waals surface area contributed by atoms with Crippen LogP contribution in [0, 0.1) is 0 Å². The number of carbonyl (C=O) groups is 1. The maximum absolute atomic E-state index is 13.6. The van der Waals surface area contributed by atoms with E-state index in [1.165, 1.54) is 30.1 Å². The van der Waals surface area contributed by atoms with E-state index < -0.39 is 12.0 Å². The summed E-state index contributed by atoms with van der Waals surface area (Å²) in [6, 6.07) is 11.6. The van der Waals surface area contributed by atoms with Crippen LogP contribution in [0.3, 0.4) is 0 Å². The van der Waals surface area contributed by atoms with Crippen LogP contribution in [0.5, 0.6) is 11.5 Å². The van der Waals surface area contributed by atoms with Crippen molar-refractivity contribution in [2.75, 3.05) is 21.3 Å². The molecule has 0 aliphatic carbocycles. The van der Waals surface area contributed by atoms with Gasteiger partial charge >= 0.3 is 5.97 Å². The molecule has 1 aromatic heterocycles. The van der Waals surface area contributed by atoms with Gasteiger partial charge in [-0.2, -0.15) is 0 Å².